The van der Waals surface area contributed by atoms with Crippen molar-refractivity contribution in [3.63, 3.8) is 0 Å². The van der Waals surface area contributed by atoms with Crippen molar-refractivity contribution >= 4 is 18.3 Å². The summed E-state index contributed by atoms with van der Waals surface area (Å²) in [7, 11) is 0. The molecule has 0 aliphatic heterocycles. The molecule has 0 aliphatic carbocycles. The lowest BCUT2D eigenvalue weighted by molar-refractivity contribution is -0.125. The standard InChI is InChI=1S/C12H26N2O2.ClH/c1-6-8(2)9(15)7-14-11(16)10(13)12(3,4)5;/h8-10,15H,6-7,13H2,1-5H3,(H,14,16);1H/t8?,9?,10-;/m1./s1. The molecule has 0 aromatic heterocycles. The molecule has 104 valence electrons. The number of hydrogen-bond donors (Lipinski definition) is 3. The SMILES string of the molecule is CCC(C)C(O)CNC(=O)[C@@H](N)C(C)(C)C.Cl. The van der Waals surface area contributed by atoms with E-state index in [1.54, 1.807) is 0 Å². The molecule has 0 aliphatic rings. The molecule has 0 aromatic carbocycles. The monoisotopic (exact) mass is 266 g/mol. The molecule has 0 aromatic rings. The smallest absolute Gasteiger partial charge is 0.237 e. The lowest BCUT2D eigenvalue weighted by Gasteiger charge is -2.27. The van der Waals surface area contributed by atoms with Crippen molar-refractivity contribution in [1.82, 2.24) is 5.32 Å². The topological polar surface area (TPSA) is 75.3 Å². The van der Waals surface area contributed by atoms with E-state index in [2.05, 4.69) is 5.32 Å². The fraction of sp³-hybridized carbons (Fsp3) is 0.917. The Kier molecular flexibility index (Phi) is 8.84. The van der Waals surface area contributed by atoms with Crippen molar-refractivity contribution in [2.24, 2.45) is 17.1 Å². The lowest BCUT2D eigenvalue weighted by Crippen LogP contribution is -2.50. The predicted molar refractivity (Wildman–Crippen MR) is 73.1 cm³/mol. The van der Waals surface area contributed by atoms with Gasteiger partial charge < -0.3 is 16.2 Å². The summed E-state index contributed by atoms with van der Waals surface area (Å²) in [5, 5.41) is 12.4. The summed E-state index contributed by atoms with van der Waals surface area (Å²) >= 11 is 0. The zero-order valence-corrected chi connectivity index (χ0v) is 12.3. The quantitative estimate of drug-likeness (QED) is 0.702. The van der Waals surface area contributed by atoms with Crippen LogP contribution < -0.4 is 11.1 Å². The minimum atomic E-state index is -0.545. The van der Waals surface area contributed by atoms with Crippen LogP contribution in [0.3, 0.4) is 0 Å². The van der Waals surface area contributed by atoms with E-state index in [0.29, 0.717) is 0 Å². The summed E-state index contributed by atoms with van der Waals surface area (Å²) in [5.74, 6) is -0.0129. The van der Waals surface area contributed by atoms with Gasteiger partial charge in [-0.3, -0.25) is 4.79 Å². The maximum atomic E-state index is 11.7. The van der Waals surface area contributed by atoms with Crippen molar-refractivity contribution in [3.8, 4) is 0 Å². The number of nitrogens with one attached hydrogen (secondary N) is 1. The van der Waals surface area contributed by atoms with Crippen LogP contribution in [-0.2, 0) is 4.79 Å². The number of nitrogens with two attached hydrogens (primary N) is 1. The first-order chi connectivity index (χ1) is 7.20. The Labute approximate surface area is 111 Å². The van der Waals surface area contributed by atoms with E-state index in [4.69, 9.17) is 5.73 Å². The first-order valence-electron chi connectivity index (χ1n) is 5.91. The highest BCUT2D eigenvalue weighted by molar-refractivity contribution is 5.85. The number of carbonyl (C=O) groups excluding carboxylic acids is 1. The first-order valence-corrected chi connectivity index (χ1v) is 5.91. The van der Waals surface area contributed by atoms with Crippen LogP contribution in [0.25, 0.3) is 0 Å². The van der Waals surface area contributed by atoms with Gasteiger partial charge in [0.05, 0.1) is 12.1 Å². The van der Waals surface area contributed by atoms with Crippen molar-refractivity contribution < 1.29 is 9.90 Å². The van der Waals surface area contributed by atoms with Gasteiger partial charge in [0, 0.05) is 6.54 Å². The van der Waals surface area contributed by atoms with Gasteiger partial charge in [-0.2, -0.15) is 0 Å². The molecule has 0 spiro atoms. The fourth-order valence-electron chi connectivity index (χ4n) is 1.18. The van der Waals surface area contributed by atoms with Crippen LogP contribution in [0.15, 0.2) is 0 Å². The van der Waals surface area contributed by atoms with E-state index in [-0.39, 0.29) is 36.2 Å². The molecule has 0 rings (SSSR count). The second kappa shape index (κ2) is 7.90. The van der Waals surface area contributed by atoms with Crippen LogP contribution in [0, 0.1) is 11.3 Å². The molecule has 17 heavy (non-hydrogen) atoms. The highest BCUT2D eigenvalue weighted by atomic mass is 35.5. The molecule has 0 heterocycles. The van der Waals surface area contributed by atoms with E-state index in [1.807, 2.05) is 34.6 Å². The Balaban J connectivity index is 0. The van der Waals surface area contributed by atoms with Gasteiger partial charge in [-0.25, -0.2) is 0 Å². The average Bonchev–Trinajstić information content (AvgIpc) is 2.21. The molecule has 0 fully saturated rings. The van der Waals surface area contributed by atoms with Crippen molar-refractivity contribution in [2.45, 2.75) is 53.2 Å². The molecule has 5 heteroatoms. The Morgan fingerprint density at radius 3 is 2.24 bits per heavy atom. The lowest BCUT2D eigenvalue weighted by atomic mass is 9.87. The maximum absolute atomic E-state index is 11.7. The molecule has 4 nitrogen and oxygen atoms in total. The number of carbonyl (C=O) groups is 1. The van der Waals surface area contributed by atoms with Gasteiger partial charge in [0.1, 0.15) is 0 Å². The van der Waals surface area contributed by atoms with Crippen LogP contribution in [0.5, 0.6) is 0 Å². The third kappa shape index (κ3) is 6.86. The molecule has 0 radical (unpaired) electrons. The molecule has 4 N–H and O–H groups in total. The summed E-state index contributed by atoms with van der Waals surface area (Å²) < 4.78 is 0. The van der Waals surface area contributed by atoms with Crippen molar-refractivity contribution in [1.29, 1.82) is 0 Å². The molecule has 0 saturated heterocycles. The molecular formula is C12H27ClN2O2. The number of amides is 1. The summed E-state index contributed by atoms with van der Waals surface area (Å²) in [4.78, 5) is 11.7. The normalized spacial score (nSPS) is 16.6. The third-order valence-corrected chi connectivity index (χ3v) is 3.00. The van der Waals surface area contributed by atoms with E-state index in [1.165, 1.54) is 0 Å². The largest absolute Gasteiger partial charge is 0.391 e. The molecule has 2 unspecified atom stereocenters. The van der Waals surface area contributed by atoms with E-state index in [9.17, 15) is 9.90 Å². The minimum absolute atomic E-state index is 0. The van der Waals surface area contributed by atoms with Gasteiger partial charge in [0.15, 0.2) is 0 Å². The van der Waals surface area contributed by atoms with E-state index in [0.717, 1.165) is 6.42 Å². The summed E-state index contributed by atoms with van der Waals surface area (Å²) in [6, 6.07) is -0.545. The first kappa shape index (κ1) is 19.0. The Morgan fingerprint density at radius 1 is 1.41 bits per heavy atom. The van der Waals surface area contributed by atoms with E-state index >= 15 is 0 Å². The zero-order valence-electron chi connectivity index (χ0n) is 11.5. The number of rotatable bonds is 5. The van der Waals surface area contributed by atoms with Crippen molar-refractivity contribution in [3.05, 3.63) is 0 Å². The molecular weight excluding hydrogens is 240 g/mol. The third-order valence-electron chi connectivity index (χ3n) is 3.00. The summed E-state index contributed by atoms with van der Waals surface area (Å²) in [6.07, 6.45) is 0.392. The zero-order chi connectivity index (χ0) is 12.9. The Morgan fingerprint density at radius 2 is 1.88 bits per heavy atom. The summed E-state index contributed by atoms with van der Waals surface area (Å²) in [6.45, 7) is 10.0. The second-order valence-electron chi connectivity index (χ2n) is 5.54. The highest BCUT2D eigenvalue weighted by Crippen LogP contribution is 2.17. The van der Waals surface area contributed by atoms with Crippen LogP contribution in [-0.4, -0.2) is 29.7 Å². The number of halogens is 1. The average molecular weight is 267 g/mol. The van der Waals surface area contributed by atoms with Crippen LogP contribution in [0.1, 0.15) is 41.0 Å². The maximum Gasteiger partial charge on any atom is 0.237 e. The van der Waals surface area contributed by atoms with Crippen LogP contribution in [0.4, 0.5) is 0 Å². The second-order valence-corrected chi connectivity index (χ2v) is 5.54. The van der Waals surface area contributed by atoms with Gasteiger partial charge >= 0.3 is 0 Å². The molecule has 1 amide bonds. The molecule has 0 saturated carbocycles. The minimum Gasteiger partial charge on any atom is -0.391 e. The van der Waals surface area contributed by atoms with Crippen molar-refractivity contribution in [2.75, 3.05) is 6.54 Å². The Bertz CT molecular complexity index is 229. The number of hydrogen-bond acceptors (Lipinski definition) is 3. The summed E-state index contributed by atoms with van der Waals surface area (Å²) in [5.41, 5.74) is 5.54. The van der Waals surface area contributed by atoms with Crippen LogP contribution >= 0.6 is 12.4 Å². The van der Waals surface area contributed by atoms with Gasteiger partial charge in [-0.05, 0) is 11.3 Å². The number of aliphatic hydroxyl groups is 1. The van der Waals surface area contributed by atoms with Crippen LogP contribution in [0.2, 0.25) is 0 Å². The fourth-order valence-corrected chi connectivity index (χ4v) is 1.18. The molecule has 3 atom stereocenters. The number of aliphatic hydroxyl groups excluding tert-OH is 1. The van der Waals surface area contributed by atoms with Gasteiger partial charge in [-0.15, -0.1) is 12.4 Å². The van der Waals surface area contributed by atoms with Gasteiger partial charge in [-0.1, -0.05) is 41.0 Å². The predicted octanol–water partition coefficient (Wildman–Crippen LogP) is 1.30. The van der Waals surface area contributed by atoms with Gasteiger partial charge in [0.2, 0.25) is 5.91 Å². The van der Waals surface area contributed by atoms with Gasteiger partial charge in [0.25, 0.3) is 0 Å². The highest BCUT2D eigenvalue weighted by Gasteiger charge is 2.27. The Hall–Kier alpha value is -0.320. The van der Waals surface area contributed by atoms with E-state index < -0.39 is 12.1 Å². The molecule has 0 bridgehead atoms.